The molecule has 1 aliphatic rings. The van der Waals surface area contributed by atoms with Gasteiger partial charge in [-0.3, -0.25) is 4.79 Å². The smallest absolute Gasteiger partial charge is 0.228 e. The van der Waals surface area contributed by atoms with Gasteiger partial charge in [0.2, 0.25) is 15.9 Å². The Hall–Kier alpha value is -1.11. The average Bonchev–Trinajstić information content (AvgIpc) is 2.52. The van der Waals surface area contributed by atoms with E-state index >= 15 is 0 Å². The van der Waals surface area contributed by atoms with Crippen LogP contribution in [0.1, 0.15) is 25.3 Å². The molecular weight excluding hydrogens is 324 g/mol. The van der Waals surface area contributed by atoms with Crippen molar-refractivity contribution in [1.82, 2.24) is 4.31 Å². The highest BCUT2D eigenvalue weighted by Gasteiger charge is 2.31. The van der Waals surface area contributed by atoms with Gasteiger partial charge in [0.15, 0.2) is 0 Å². The fourth-order valence-electron chi connectivity index (χ4n) is 2.57. The first kappa shape index (κ1) is 17.2. The summed E-state index contributed by atoms with van der Waals surface area (Å²) >= 11 is 6.05. The zero-order chi connectivity index (χ0) is 16.3. The monoisotopic (exact) mass is 344 g/mol. The normalized spacial score (nSPS) is 19.9. The molecule has 1 fully saturated rings. The molecule has 1 aromatic rings. The lowest BCUT2D eigenvalue weighted by atomic mass is 9.98. The molecule has 22 heavy (non-hydrogen) atoms. The Kier molecular flexibility index (Phi) is 5.47. The predicted octanol–water partition coefficient (Wildman–Crippen LogP) is 2.65. The number of amides is 1. The molecule has 7 heteroatoms. The van der Waals surface area contributed by atoms with E-state index in [0.717, 1.165) is 5.56 Å². The van der Waals surface area contributed by atoms with E-state index in [2.05, 4.69) is 5.32 Å². The van der Waals surface area contributed by atoms with E-state index in [1.54, 1.807) is 25.1 Å². The van der Waals surface area contributed by atoms with Gasteiger partial charge in [0, 0.05) is 23.8 Å². The van der Waals surface area contributed by atoms with Crippen molar-refractivity contribution in [3.63, 3.8) is 0 Å². The maximum absolute atomic E-state index is 12.4. The van der Waals surface area contributed by atoms with Crippen LogP contribution in [0.4, 0.5) is 5.69 Å². The lowest BCUT2D eigenvalue weighted by Crippen LogP contribution is -2.44. The number of hydrogen-bond donors (Lipinski definition) is 1. The summed E-state index contributed by atoms with van der Waals surface area (Å²) in [6.45, 7) is 4.21. The molecule has 2 rings (SSSR count). The maximum atomic E-state index is 12.4. The van der Waals surface area contributed by atoms with E-state index in [0.29, 0.717) is 30.1 Å². The molecule has 5 nitrogen and oxygen atoms in total. The number of rotatable bonds is 4. The molecule has 1 atom stereocenters. The number of halogens is 1. The van der Waals surface area contributed by atoms with Crippen LogP contribution in [-0.4, -0.2) is 37.5 Å². The van der Waals surface area contributed by atoms with Crippen molar-refractivity contribution in [3.05, 3.63) is 28.8 Å². The molecule has 122 valence electrons. The second-order valence-electron chi connectivity index (χ2n) is 5.50. The highest BCUT2D eigenvalue weighted by atomic mass is 35.5. The second-order valence-corrected chi connectivity index (χ2v) is 8.16. The molecule has 0 spiro atoms. The summed E-state index contributed by atoms with van der Waals surface area (Å²) in [4.78, 5) is 12.4. The summed E-state index contributed by atoms with van der Waals surface area (Å²) < 4.78 is 25.3. The van der Waals surface area contributed by atoms with Crippen LogP contribution in [-0.2, 0) is 14.8 Å². The first-order valence-corrected chi connectivity index (χ1v) is 9.37. The van der Waals surface area contributed by atoms with Crippen molar-refractivity contribution in [1.29, 1.82) is 0 Å². The molecule has 1 heterocycles. The third-order valence-electron chi connectivity index (χ3n) is 4.04. The highest BCUT2D eigenvalue weighted by molar-refractivity contribution is 7.89. The maximum Gasteiger partial charge on any atom is 0.228 e. The van der Waals surface area contributed by atoms with Crippen LogP contribution in [0.5, 0.6) is 0 Å². The fourth-order valence-corrected chi connectivity index (χ4v) is 3.92. The van der Waals surface area contributed by atoms with Crippen LogP contribution < -0.4 is 5.32 Å². The number of carbonyl (C=O) groups excluding carboxylic acids is 1. The van der Waals surface area contributed by atoms with Gasteiger partial charge >= 0.3 is 0 Å². The van der Waals surface area contributed by atoms with Crippen LogP contribution >= 0.6 is 11.6 Å². The summed E-state index contributed by atoms with van der Waals surface area (Å²) in [6.07, 6.45) is 1.40. The minimum absolute atomic E-state index is 0.0642. The molecule has 0 radical (unpaired) electrons. The Labute approximate surface area is 136 Å². The van der Waals surface area contributed by atoms with Crippen molar-refractivity contribution >= 4 is 33.2 Å². The summed E-state index contributed by atoms with van der Waals surface area (Å²) in [5.74, 6) is -0.413. The van der Waals surface area contributed by atoms with Gasteiger partial charge in [-0.15, -0.1) is 0 Å². The van der Waals surface area contributed by atoms with Crippen molar-refractivity contribution in [2.45, 2.75) is 26.7 Å². The van der Waals surface area contributed by atoms with E-state index in [9.17, 15) is 13.2 Å². The van der Waals surface area contributed by atoms with Crippen LogP contribution in [0, 0.1) is 12.8 Å². The largest absolute Gasteiger partial charge is 0.326 e. The first-order valence-electron chi connectivity index (χ1n) is 7.39. The molecule has 1 amide bonds. The molecular formula is C15H21ClN2O3S. The number of carbonyl (C=O) groups is 1. The molecule has 0 aromatic heterocycles. The van der Waals surface area contributed by atoms with E-state index in [1.807, 2.05) is 6.92 Å². The lowest BCUT2D eigenvalue weighted by molar-refractivity contribution is -0.120. The van der Waals surface area contributed by atoms with Crippen molar-refractivity contribution in [2.75, 3.05) is 24.2 Å². The molecule has 1 N–H and O–H groups in total. The summed E-state index contributed by atoms with van der Waals surface area (Å²) in [6, 6.07) is 5.34. The van der Waals surface area contributed by atoms with Gasteiger partial charge in [0.25, 0.3) is 0 Å². The van der Waals surface area contributed by atoms with Crippen LogP contribution in [0.3, 0.4) is 0 Å². The topological polar surface area (TPSA) is 66.5 Å². The minimum atomic E-state index is -3.24. The molecule has 0 aliphatic carbocycles. The standard InChI is InChI=1S/C15H21ClN2O3S/c1-3-22(20,21)18-9-5-6-12(10-18)15(19)17-14-8-4-7-13(16)11(14)2/h4,7-8,12H,3,5-6,9-10H2,1-2H3,(H,17,19)/t12-/m0/s1. The van der Waals surface area contributed by atoms with E-state index in [-0.39, 0.29) is 24.1 Å². The number of hydrogen-bond acceptors (Lipinski definition) is 3. The third kappa shape index (κ3) is 3.80. The minimum Gasteiger partial charge on any atom is -0.326 e. The number of anilines is 1. The number of sulfonamides is 1. The zero-order valence-corrected chi connectivity index (χ0v) is 14.4. The average molecular weight is 345 g/mol. The van der Waals surface area contributed by atoms with Crippen molar-refractivity contribution in [3.8, 4) is 0 Å². The number of benzene rings is 1. The van der Waals surface area contributed by atoms with Crippen LogP contribution in [0.2, 0.25) is 5.02 Å². The fraction of sp³-hybridized carbons (Fsp3) is 0.533. The van der Waals surface area contributed by atoms with Gasteiger partial charge in [-0.05, 0) is 44.4 Å². The van der Waals surface area contributed by atoms with Crippen LogP contribution in [0.25, 0.3) is 0 Å². The van der Waals surface area contributed by atoms with Crippen LogP contribution in [0.15, 0.2) is 18.2 Å². The van der Waals surface area contributed by atoms with Gasteiger partial charge in [0.05, 0.1) is 11.7 Å². The number of nitrogens with one attached hydrogen (secondary N) is 1. The molecule has 1 saturated heterocycles. The van der Waals surface area contributed by atoms with E-state index in [1.165, 1.54) is 4.31 Å². The van der Waals surface area contributed by atoms with E-state index in [4.69, 9.17) is 11.6 Å². The van der Waals surface area contributed by atoms with Crippen molar-refractivity contribution in [2.24, 2.45) is 5.92 Å². The quantitative estimate of drug-likeness (QED) is 0.913. The Bertz CT molecular complexity index is 661. The SMILES string of the molecule is CCS(=O)(=O)N1CCC[C@H](C(=O)Nc2cccc(Cl)c2C)C1. The highest BCUT2D eigenvalue weighted by Crippen LogP contribution is 2.25. The Morgan fingerprint density at radius 3 is 2.86 bits per heavy atom. The number of nitrogens with zero attached hydrogens (tertiary/aromatic N) is 1. The zero-order valence-electron chi connectivity index (χ0n) is 12.8. The van der Waals surface area contributed by atoms with Gasteiger partial charge in [0.1, 0.15) is 0 Å². The van der Waals surface area contributed by atoms with Gasteiger partial charge in [-0.1, -0.05) is 17.7 Å². The molecule has 0 bridgehead atoms. The summed E-state index contributed by atoms with van der Waals surface area (Å²) in [7, 11) is -3.24. The summed E-state index contributed by atoms with van der Waals surface area (Å²) in [5, 5.41) is 3.46. The molecule has 0 saturated carbocycles. The van der Waals surface area contributed by atoms with Crippen molar-refractivity contribution < 1.29 is 13.2 Å². The molecule has 1 aromatic carbocycles. The van der Waals surface area contributed by atoms with Gasteiger partial charge in [-0.25, -0.2) is 12.7 Å². The predicted molar refractivity (Wildman–Crippen MR) is 88.6 cm³/mol. The Morgan fingerprint density at radius 1 is 1.45 bits per heavy atom. The lowest BCUT2D eigenvalue weighted by Gasteiger charge is -2.31. The molecule has 0 unspecified atom stereocenters. The molecule has 1 aliphatic heterocycles. The van der Waals surface area contributed by atoms with Gasteiger partial charge < -0.3 is 5.32 Å². The van der Waals surface area contributed by atoms with E-state index < -0.39 is 10.0 Å². The third-order valence-corrected chi connectivity index (χ3v) is 6.30. The Morgan fingerprint density at radius 2 is 2.18 bits per heavy atom. The number of piperidine rings is 1. The first-order chi connectivity index (χ1) is 10.3. The Balaban J connectivity index is 2.08. The summed E-state index contributed by atoms with van der Waals surface area (Å²) in [5.41, 5.74) is 1.49. The van der Waals surface area contributed by atoms with Gasteiger partial charge in [-0.2, -0.15) is 0 Å². The second kappa shape index (κ2) is 6.98.